The Labute approximate surface area is 138 Å². The Morgan fingerprint density at radius 1 is 1.24 bits per heavy atom. The van der Waals surface area contributed by atoms with Crippen LogP contribution in [0, 0.1) is 17.4 Å². The predicted octanol–water partition coefficient (Wildman–Crippen LogP) is 4.32. The third-order valence-corrected chi connectivity index (χ3v) is 5.31. The first kappa shape index (κ1) is 14.8. The van der Waals surface area contributed by atoms with E-state index in [-0.39, 0.29) is 5.56 Å². The van der Waals surface area contributed by atoms with Gasteiger partial charge in [0.1, 0.15) is 5.82 Å². The zero-order chi connectivity index (χ0) is 15.0. The number of benzene rings is 1. The van der Waals surface area contributed by atoms with Crippen LogP contribution in [0.25, 0.3) is 11.4 Å². The monoisotopic (exact) mass is 394 g/mol. The second kappa shape index (κ2) is 5.91. The molecule has 1 N–H and O–H groups in total. The summed E-state index contributed by atoms with van der Waals surface area (Å²) in [6.45, 7) is 4.14. The highest BCUT2D eigenvalue weighted by Crippen LogP contribution is 2.35. The van der Waals surface area contributed by atoms with Crippen LogP contribution in [0.2, 0.25) is 0 Å². The molecule has 110 valence electrons. The highest BCUT2D eigenvalue weighted by atomic mass is 127. The molecular weight excluding hydrogens is 375 g/mol. The van der Waals surface area contributed by atoms with Crippen LogP contribution in [0.15, 0.2) is 23.0 Å². The van der Waals surface area contributed by atoms with Gasteiger partial charge in [0.05, 0.1) is 9.26 Å². The third kappa shape index (κ3) is 2.91. The average Bonchev–Trinajstić information content (AvgIpc) is 2.96. The first-order chi connectivity index (χ1) is 10.1. The van der Waals surface area contributed by atoms with Gasteiger partial charge in [-0.1, -0.05) is 36.6 Å². The van der Waals surface area contributed by atoms with E-state index >= 15 is 0 Å². The molecule has 1 saturated carbocycles. The largest absolute Gasteiger partial charge is 0.306 e. The van der Waals surface area contributed by atoms with E-state index in [4.69, 9.17) is 4.98 Å². The molecule has 0 amide bonds. The Balaban J connectivity index is 2.13. The van der Waals surface area contributed by atoms with Gasteiger partial charge in [0.2, 0.25) is 0 Å². The summed E-state index contributed by atoms with van der Waals surface area (Å²) in [6, 6.07) is 6.24. The van der Waals surface area contributed by atoms with Gasteiger partial charge in [-0.15, -0.1) is 0 Å². The van der Waals surface area contributed by atoms with Crippen molar-refractivity contribution < 1.29 is 0 Å². The molecule has 1 aromatic heterocycles. The van der Waals surface area contributed by atoms with Crippen LogP contribution in [0.1, 0.15) is 48.4 Å². The standard InChI is InChI=1S/C17H19IN2O/c1-10-7-8-13(11(2)9-10)16-19-15(12-5-3-4-6-12)14(18)17(21)20-16/h7-9,12H,3-6H2,1-2H3,(H,19,20,21). The first-order valence-corrected chi connectivity index (χ1v) is 8.51. The molecule has 21 heavy (non-hydrogen) atoms. The maximum absolute atomic E-state index is 12.3. The molecule has 0 spiro atoms. The van der Waals surface area contributed by atoms with Gasteiger partial charge in [-0.2, -0.15) is 0 Å². The molecule has 3 rings (SSSR count). The van der Waals surface area contributed by atoms with Gasteiger partial charge in [0, 0.05) is 11.5 Å². The number of rotatable bonds is 2. The number of aryl methyl sites for hydroxylation is 2. The van der Waals surface area contributed by atoms with Gasteiger partial charge in [0.25, 0.3) is 5.56 Å². The van der Waals surface area contributed by atoms with Crippen molar-refractivity contribution in [3.8, 4) is 11.4 Å². The predicted molar refractivity (Wildman–Crippen MR) is 93.7 cm³/mol. The maximum Gasteiger partial charge on any atom is 0.264 e. The Morgan fingerprint density at radius 3 is 2.62 bits per heavy atom. The van der Waals surface area contributed by atoms with Gasteiger partial charge in [-0.3, -0.25) is 4.79 Å². The summed E-state index contributed by atoms with van der Waals surface area (Å²) in [7, 11) is 0. The topological polar surface area (TPSA) is 45.8 Å². The summed E-state index contributed by atoms with van der Waals surface area (Å²) in [5, 5.41) is 0. The van der Waals surface area contributed by atoms with Crippen molar-refractivity contribution in [2.75, 3.05) is 0 Å². The number of H-pyrrole nitrogens is 1. The van der Waals surface area contributed by atoms with E-state index in [0.717, 1.165) is 33.2 Å². The molecule has 0 radical (unpaired) electrons. The molecule has 0 unspecified atom stereocenters. The number of hydrogen-bond acceptors (Lipinski definition) is 2. The van der Waals surface area contributed by atoms with E-state index < -0.39 is 0 Å². The van der Waals surface area contributed by atoms with Crippen molar-refractivity contribution in [1.82, 2.24) is 9.97 Å². The smallest absolute Gasteiger partial charge is 0.264 e. The van der Waals surface area contributed by atoms with Crippen LogP contribution >= 0.6 is 22.6 Å². The van der Waals surface area contributed by atoms with E-state index in [1.165, 1.54) is 18.4 Å². The van der Waals surface area contributed by atoms with E-state index in [0.29, 0.717) is 11.7 Å². The summed E-state index contributed by atoms with van der Waals surface area (Å²) >= 11 is 2.14. The zero-order valence-electron chi connectivity index (χ0n) is 12.4. The molecule has 1 heterocycles. The molecular formula is C17H19IN2O. The summed E-state index contributed by atoms with van der Waals surface area (Å²) in [6.07, 6.45) is 4.79. The van der Waals surface area contributed by atoms with Gasteiger partial charge in [-0.25, -0.2) is 4.98 Å². The van der Waals surface area contributed by atoms with Crippen LogP contribution in [0.3, 0.4) is 0 Å². The zero-order valence-corrected chi connectivity index (χ0v) is 14.5. The molecule has 0 bridgehead atoms. The van der Waals surface area contributed by atoms with Gasteiger partial charge < -0.3 is 4.98 Å². The lowest BCUT2D eigenvalue weighted by molar-refractivity contribution is 0.687. The Bertz CT molecular complexity index is 730. The second-order valence-electron chi connectivity index (χ2n) is 5.91. The molecule has 1 aromatic carbocycles. The molecule has 0 aliphatic heterocycles. The lowest BCUT2D eigenvalue weighted by Gasteiger charge is -2.13. The maximum atomic E-state index is 12.3. The van der Waals surface area contributed by atoms with Crippen LogP contribution in [-0.2, 0) is 0 Å². The molecule has 1 aliphatic carbocycles. The number of nitrogens with one attached hydrogen (secondary N) is 1. The highest BCUT2D eigenvalue weighted by molar-refractivity contribution is 14.1. The number of halogens is 1. The minimum Gasteiger partial charge on any atom is -0.306 e. The Hall–Kier alpha value is -1.17. The van der Waals surface area contributed by atoms with Crippen LogP contribution < -0.4 is 5.56 Å². The summed E-state index contributed by atoms with van der Waals surface area (Å²) < 4.78 is 0.757. The first-order valence-electron chi connectivity index (χ1n) is 7.43. The fourth-order valence-corrected chi connectivity index (χ4v) is 3.85. The molecule has 0 atom stereocenters. The lowest BCUT2D eigenvalue weighted by atomic mass is 10.0. The number of hydrogen-bond donors (Lipinski definition) is 1. The molecule has 3 nitrogen and oxygen atoms in total. The van der Waals surface area contributed by atoms with Crippen molar-refractivity contribution in [2.45, 2.75) is 45.4 Å². The minimum absolute atomic E-state index is 0.0116. The fourth-order valence-electron chi connectivity index (χ4n) is 3.15. The molecule has 4 heteroatoms. The Morgan fingerprint density at radius 2 is 1.95 bits per heavy atom. The van der Waals surface area contributed by atoms with E-state index in [9.17, 15) is 4.79 Å². The average molecular weight is 394 g/mol. The number of nitrogens with zero attached hydrogens (tertiary/aromatic N) is 1. The SMILES string of the molecule is Cc1ccc(-c2nc(C3CCCC3)c(I)c(=O)[nH]2)c(C)c1. The second-order valence-corrected chi connectivity index (χ2v) is 6.99. The van der Waals surface area contributed by atoms with E-state index in [1.54, 1.807) is 0 Å². The quantitative estimate of drug-likeness (QED) is 0.772. The van der Waals surface area contributed by atoms with Gasteiger partial charge in [-0.05, 0) is 54.8 Å². The fraction of sp³-hybridized carbons (Fsp3) is 0.412. The van der Waals surface area contributed by atoms with Crippen molar-refractivity contribution in [2.24, 2.45) is 0 Å². The van der Waals surface area contributed by atoms with E-state index in [2.05, 4.69) is 53.6 Å². The van der Waals surface area contributed by atoms with E-state index in [1.807, 2.05) is 6.07 Å². The summed E-state index contributed by atoms with van der Waals surface area (Å²) in [5.74, 6) is 1.16. The normalized spacial score (nSPS) is 15.6. The summed E-state index contributed by atoms with van der Waals surface area (Å²) in [4.78, 5) is 20.0. The number of aromatic nitrogens is 2. The number of aromatic amines is 1. The van der Waals surface area contributed by atoms with Crippen molar-refractivity contribution in [3.05, 3.63) is 48.9 Å². The van der Waals surface area contributed by atoms with Crippen LogP contribution in [0.4, 0.5) is 0 Å². The van der Waals surface area contributed by atoms with Crippen molar-refractivity contribution >= 4 is 22.6 Å². The Kier molecular flexibility index (Phi) is 4.15. The van der Waals surface area contributed by atoms with Gasteiger partial charge in [0.15, 0.2) is 0 Å². The minimum atomic E-state index is -0.0116. The molecule has 2 aromatic rings. The van der Waals surface area contributed by atoms with Crippen molar-refractivity contribution in [3.63, 3.8) is 0 Å². The van der Waals surface area contributed by atoms with Crippen molar-refractivity contribution in [1.29, 1.82) is 0 Å². The molecule has 0 saturated heterocycles. The summed E-state index contributed by atoms with van der Waals surface area (Å²) in [5.41, 5.74) is 4.37. The van der Waals surface area contributed by atoms with Gasteiger partial charge >= 0.3 is 0 Å². The third-order valence-electron chi connectivity index (χ3n) is 4.27. The van der Waals surface area contributed by atoms with Crippen LogP contribution in [0.5, 0.6) is 0 Å². The lowest BCUT2D eigenvalue weighted by Crippen LogP contribution is -2.18. The molecule has 1 aliphatic rings. The van der Waals surface area contributed by atoms with Crippen LogP contribution in [-0.4, -0.2) is 9.97 Å². The highest BCUT2D eigenvalue weighted by Gasteiger charge is 2.23. The molecule has 1 fully saturated rings.